The first kappa shape index (κ1) is 31.8. The molecule has 0 rings (SSSR count). The van der Waals surface area contributed by atoms with Gasteiger partial charge < -0.3 is 27.0 Å². The normalized spacial score (nSPS) is 14.9. The average Bonchev–Trinajstić information content (AvgIpc) is 2.70. The topological polar surface area (TPSA) is 177 Å². The van der Waals surface area contributed by atoms with Gasteiger partial charge in [-0.1, -0.05) is 34.6 Å². The van der Waals surface area contributed by atoms with Crippen LogP contribution in [0.2, 0.25) is 0 Å². The number of hydrogen-bond acceptors (Lipinski definition) is 6. The van der Waals surface area contributed by atoms with E-state index in [1.165, 1.54) is 13.8 Å². The lowest BCUT2D eigenvalue weighted by molar-refractivity contribution is -0.173. The number of ketones is 1. The van der Waals surface area contributed by atoms with Gasteiger partial charge in [0, 0.05) is 6.92 Å². The minimum atomic E-state index is -5.20. The Morgan fingerprint density at radius 2 is 1.17 bits per heavy atom. The highest BCUT2D eigenvalue weighted by Crippen LogP contribution is 2.19. The Morgan fingerprint density at radius 1 is 0.743 bits per heavy atom. The summed E-state index contributed by atoms with van der Waals surface area (Å²) in [6, 6.07) is -5.84. The van der Waals surface area contributed by atoms with Crippen LogP contribution >= 0.6 is 0 Å². The quantitative estimate of drug-likeness (QED) is 0.227. The predicted octanol–water partition coefficient (Wildman–Crippen LogP) is -0.326. The SMILES string of the molecule is CCC(NC(=O)[C@H](CC(N)=O)NC(=O)[C@@H](NC(=O)[C@@H](NC(C)=O)C(C)C)C(C)C)C(=O)C(F)(F)F. The molecule has 0 aromatic heterocycles. The Morgan fingerprint density at radius 3 is 1.54 bits per heavy atom. The van der Waals surface area contributed by atoms with Gasteiger partial charge in [-0.15, -0.1) is 0 Å². The van der Waals surface area contributed by atoms with Crippen LogP contribution in [0.1, 0.15) is 54.4 Å². The van der Waals surface area contributed by atoms with Gasteiger partial charge in [0.1, 0.15) is 18.1 Å². The highest BCUT2D eigenvalue weighted by Gasteiger charge is 2.44. The molecule has 0 bridgehead atoms. The van der Waals surface area contributed by atoms with Crippen molar-refractivity contribution in [3.05, 3.63) is 0 Å². The van der Waals surface area contributed by atoms with Crippen molar-refractivity contribution in [2.75, 3.05) is 0 Å². The first-order chi connectivity index (χ1) is 15.9. The maximum Gasteiger partial charge on any atom is 0.452 e. The zero-order valence-corrected chi connectivity index (χ0v) is 20.5. The number of carbonyl (C=O) groups is 6. The van der Waals surface area contributed by atoms with Crippen molar-refractivity contribution in [1.82, 2.24) is 21.3 Å². The summed E-state index contributed by atoms with van der Waals surface area (Å²) < 4.78 is 38.3. The molecule has 0 radical (unpaired) electrons. The molecule has 5 amide bonds. The molecule has 0 heterocycles. The van der Waals surface area contributed by atoms with E-state index in [1.807, 2.05) is 5.32 Å². The number of Topliss-reactive ketones (excluding diaryl/α,β-unsaturated/α-hetero) is 1. The fraction of sp³-hybridized carbons (Fsp3) is 0.714. The third kappa shape index (κ3) is 10.7. The van der Waals surface area contributed by atoms with E-state index in [4.69, 9.17) is 5.73 Å². The van der Waals surface area contributed by atoms with Gasteiger partial charge in [0.25, 0.3) is 5.78 Å². The van der Waals surface area contributed by atoms with Gasteiger partial charge >= 0.3 is 6.18 Å². The van der Waals surface area contributed by atoms with Crippen molar-refractivity contribution in [2.45, 2.75) is 84.7 Å². The first-order valence-corrected chi connectivity index (χ1v) is 11.0. The second-order valence-corrected chi connectivity index (χ2v) is 8.72. The number of halogens is 3. The number of nitrogens with one attached hydrogen (secondary N) is 4. The third-order valence-electron chi connectivity index (χ3n) is 4.91. The lowest BCUT2D eigenvalue weighted by atomic mass is 9.99. The molecule has 200 valence electrons. The zero-order chi connectivity index (χ0) is 27.7. The minimum absolute atomic E-state index is 0.333. The summed E-state index contributed by atoms with van der Waals surface area (Å²) in [5.74, 6) is -7.40. The number of alkyl halides is 3. The van der Waals surface area contributed by atoms with Crippen molar-refractivity contribution in [1.29, 1.82) is 0 Å². The lowest BCUT2D eigenvalue weighted by Gasteiger charge is -2.28. The number of amides is 5. The number of rotatable bonds is 13. The van der Waals surface area contributed by atoms with Crippen molar-refractivity contribution in [3.8, 4) is 0 Å². The number of nitrogens with two attached hydrogens (primary N) is 1. The molecule has 0 saturated heterocycles. The molecule has 0 saturated carbocycles. The second kappa shape index (κ2) is 13.6. The molecule has 14 heteroatoms. The predicted molar refractivity (Wildman–Crippen MR) is 118 cm³/mol. The molecule has 0 fully saturated rings. The highest BCUT2D eigenvalue weighted by molar-refractivity contribution is 5.98. The summed E-state index contributed by atoms with van der Waals surface area (Å²) in [4.78, 5) is 72.5. The molecule has 0 aromatic carbocycles. The van der Waals surface area contributed by atoms with Gasteiger partial charge in [0.15, 0.2) is 0 Å². The van der Waals surface area contributed by atoms with Crippen LogP contribution in [0.25, 0.3) is 0 Å². The molecule has 6 N–H and O–H groups in total. The fourth-order valence-corrected chi connectivity index (χ4v) is 3.03. The molecule has 0 aliphatic heterocycles. The molecular weight excluding hydrogens is 475 g/mol. The van der Waals surface area contributed by atoms with E-state index in [0.717, 1.165) is 0 Å². The van der Waals surface area contributed by atoms with E-state index in [2.05, 4.69) is 16.0 Å². The smallest absolute Gasteiger partial charge is 0.370 e. The van der Waals surface area contributed by atoms with Crippen LogP contribution in [0.4, 0.5) is 13.2 Å². The van der Waals surface area contributed by atoms with Gasteiger partial charge in [-0.25, -0.2) is 0 Å². The summed E-state index contributed by atoms with van der Waals surface area (Å²) in [5, 5.41) is 9.03. The van der Waals surface area contributed by atoms with E-state index < -0.39 is 84.4 Å². The monoisotopic (exact) mass is 509 g/mol. The maximum atomic E-state index is 12.9. The van der Waals surface area contributed by atoms with E-state index >= 15 is 0 Å². The molecule has 0 spiro atoms. The lowest BCUT2D eigenvalue weighted by Crippen LogP contribution is -2.60. The molecule has 0 aliphatic carbocycles. The Kier molecular flexibility index (Phi) is 12.4. The Labute approximate surface area is 201 Å². The molecule has 11 nitrogen and oxygen atoms in total. The van der Waals surface area contributed by atoms with Crippen molar-refractivity contribution in [3.63, 3.8) is 0 Å². The number of carbonyl (C=O) groups excluding carboxylic acids is 6. The third-order valence-corrected chi connectivity index (χ3v) is 4.91. The maximum absolute atomic E-state index is 12.9. The zero-order valence-electron chi connectivity index (χ0n) is 20.5. The molecule has 4 atom stereocenters. The van der Waals surface area contributed by atoms with Gasteiger partial charge in [0.05, 0.1) is 12.5 Å². The standard InChI is InChI=1S/C21H34F3N5O6/c1-7-12(17(32)21(22,23)24)27-18(33)13(8-14(25)31)28-19(34)16(10(4)5)29-20(35)15(9(2)3)26-11(6)30/h9-10,12-13,15-16H,7-8H2,1-6H3,(H2,25,31)(H,26,30)(H,27,33)(H,28,34)(H,29,35)/t12?,13-,15-,16-/m0/s1. The van der Waals surface area contributed by atoms with Crippen LogP contribution in [-0.4, -0.2) is 65.7 Å². The van der Waals surface area contributed by atoms with Crippen molar-refractivity contribution < 1.29 is 41.9 Å². The van der Waals surface area contributed by atoms with Crippen LogP contribution in [0.3, 0.4) is 0 Å². The van der Waals surface area contributed by atoms with Crippen LogP contribution < -0.4 is 27.0 Å². The van der Waals surface area contributed by atoms with Crippen molar-refractivity contribution in [2.24, 2.45) is 17.6 Å². The molecule has 0 aliphatic rings. The highest BCUT2D eigenvalue weighted by atomic mass is 19.4. The van der Waals surface area contributed by atoms with Gasteiger partial charge in [-0.05, 0) is 18.3 Å². The van der Waals surface area contributed by atoms with E-state index in [9.17, 15) is 41.9 Å². The van der Waals surface area contributed by atoms with E-state index in [1.54, 1.807) is 27.7 Å². The molecule has 0 aromatic rings. The van der Waals surface area contributed by atoms with Crippen LogP contribution in [0.5, 0.6) is 0 Å². The molecular formula is C21H34F3N5O6. The number of hydrogen-bond donors (Lipinski definition) is 5. The minimum Gasteiger partial charge on any atom is -0.370 e. The number of primary amides is 1. The van der Waals surface area contributed by atoms with Gasteiger partial charge in [-0.2, -0.15) is 13.2 Å². The fourth-order valence-electron chi connectivity index (χ4n) is 3.03. The largest absolute Gasteiger partial charge is 0.452 e. The van der Waals surface area contributed by atoms with E-state index in [-0.39, 0.29) is 5.92 Å². The summed E-state index contributed by atoms with van der Waals surface area (Å²) in [6.07, 6.45) is -6.37. The summed E-state index contributed by atoms with van der Waals surface area (Å²) >= 11 is 0. The van der Waals surface area contributed by atoms with E-state index in [0.29, 0.717) is 0 Å². The average molecular weight is 510 g/mol. The molecule has 1 unspecified atom stereocenters. The van der Waals surface area contributed by atoms with Crippen LogP contribution in [0, 0.1) is 11.8 Å². The van der Waals surface area contributed by atoms with Gasteiger partial charge in [-0.3, -0.25) is 28.8 Å². The molecule has 35 heavy (non-hydrogen) atoms. The summed E-state index contributed by atoms with van der Waals surface area (Å²) in [7, 11) is 0. The van der Waals surface area contributed by atoms with Crippen molar-refractivity contribution >= 4 is 35.3 Å². The first-order valence-electron chi connectivity index (χ1n) is 11.0. The Balaban J connectivity index is 5.70. The Bertz CT molecular complexity index is 816. The van der Waals surface area contributed by atoms with Crippen LogP contribution in [-0.2, 0) is 28.8 Å². The Hall–Kier alpha value is -3.19. The van der Waals surface area contributed by atoms with Gasteiger partial charge in [0.2, 0.25) is 29.5 Å². The second-order valence-electron chi connectivity index (χ2n) is 8.72. The van der Waals surface area contributed by atoms with Crippen LogP contribution in [0.15, 0.2) is 0 Å². The summed E-state index contributed by atoms with van der Waals surface area (Å²) in [5.41, 5.74) is 5.11. The summed E-state index contributed by atoms with van der Waals surface area (Å²) in [6.45, 7) is 8.95.